The van der Waals surface area contributed by atoms with E-state index in [1.54, 1.807) is 0 Å². The minimum absolute atomic E-state index is 0.248. The van der Waals surface area contributed by atoms with E-state index < -0.39 is 12.1 Å². The molecule has 0 bridgehead atoms. The van der Waals surface area contributed by atoms with Gasteiger partial charge in [-0.15, -0.1) is 6.42 Å². The second-order valence-electron chi connectivity index (χ2n) is 4.52. The lowest BCUT2D eigenvalue weighted by molar-refractivity contribution is -0.149. The van der Waals surface area contributed by atoms with Gasteiger partial charge in [-0.1, -0.05) is 19.3 Å². The summed E-state index contributed by atoms with van der Waals surface area (Å²) in [5.41, 5.74) is 0. The van der Waals surface area contributed by atoms with E-state index in [0.717, 1.165) is 12.8 Å². The molecule has 0 radical (unpaired) electrons. The molecule has 106 valence electrons. The van der Waals surface area contributed by atoms with Crippen molar-refractivity contribution < 1.29 is 19.4 Å². The van der Waals surface area contributed by atoms with Gasteiger partial charge in [-0.2, -0.15) is 0 Å². The molecule has 1 aliphatic heterocycles. The zero-order valence-corrected chi connectivity index (χ0v) is 11.0. The zero-order chi connectivity index (χ0) is 14.3. The number of carboxylic acid groups (broad SMARTS) is 1. The number of carboxylic acids is 1. The molecule has 6 heteroatoms. The van der Waals surface area contributed by atoms with E-state index in [4.69, 9.17) is 16.3 Å². The van der Waals surface area contributed by atoms with Crippen LogP contribution < -0.4 is 10.6 Å². The molecule has 0 aromatic carbocycles. The molecular weight excluding hydrogens is 248 g/mol. The van der Waals surface area contributed by atoms with Gasteiger partial charge < -0.3 is 20.5 Å². The molecule has 2 amide bonds. The monoisotopic (exact) mass is 268 g/mol. The summed E-state index contributed by atoms with van der Waals surface area (Å²) in [5.74, 6) is 1.55. The van der Waals surface area contributed by atoms with Gasteiger partial charge in [0.05, 0.1) is 12.1 Å². The van der Waals surface area contributed by atoms with Crippen LogP contribution in [0.25, 0.3) is 0 Å². The molecule has 1 saturated heterocycles. The van der Waals surface area contributed by atoms with Crippen LogP contribution in [0.15, 0.2) is 0 Å². The number of aliphatic carboxylic acids is 1. The molecule has 6 nitrogen and oxygen atoms in total. The van der Waals surface area contributed by atoms with Crippen LogP contribution in [-0.4, -0.2) is 41.9 Å². The number of rotatable bonds is 6. The molecule has 3 N–H and O–H groups in total. The third-order valence-corrected chi connectivity index (χ3v) is 2.96. The van der Waals surface area contributed by atoms with Crippen molar-refractivity contribution >= 4 is 12.0 Å². The van der Waals surface area contributed by atoms with E-state index in [1.807, 2.05) is 6.92 Å². The molecular formula is C13H20N2O4. The van der Waals surface area contributed by atoms with Crippen molar-refractivity contribution in [2.45, 2.75) is 50.9 Å². The number of urea groups is 1. The Morgan fingerprint density at radius 3 is 2.79 bits per heavy atom. The second-order valence-corrected chi connectivity index (χ2v) is 4.52. The van der Waals surface area contributed by atoms with Crippen LogP contribution >= 0.6 is 0 Å². The van der Waals surface area contributed by atoms with Crippen LogP contribution in [0.3, 0.4) is 0 Å². The SMILES string of the molecule is C#CC(CCC)NC(=O)NCC1CCC(C(=O)O)O1. The number of ether oxygens (including phenoxy) is 1. The fourth-order valence-electron chi connectivity index (χ4n) is 1.94. The fraction of sp³-hybridized carbons (Fsp3) is 0.692. The molecule has 1 rings (SSSR count). The third-order valence-electron chi connectivity index (χ3n) is 2.96. The van der Waals surface area contributed by atoms with Crippen molar-refractivity contribution in [3.05, 3.63) is 0 Å². The van der Waals surface area contributed by atoms with Crippen LogP contribution in [0.2, 0.25) is 0 Å². The van der Waals surface area contributed by atoms with E-state index in [2.05, 4.69) is 16.6 Å². The first-order chi connectivity index (χ1) is 9.06. The van der Waals surface area contributed by atoms with Gasteiger partial charge in [-0.3, -0.25) is 0 Å². The van der Waals surface area contributed by atoms with Gasteiger partial charge in [-0.05, 0) is 19.3 Å². The van der Waals surface area contributed by atoms with E-state index >= 15 is 0 Å². The van der Waals surface area contributed by atoms with Gasteiger partial charge in [0.25, 0.3) is 0 Å². The quantitative estimate of drug-likeness (QED) is 0.619. The lowest BCUT2D eigenvalue weighted by atomic mass is 10.2. The van der Waals surface area contributed by atoms with Crippen LogP contribution in [0, 0.1) is 12.3 Å². The summed E-state index contributed by atoms with van der Waals surface area (Å²) in [6.45, 7) is 2.28. The molecule has 1 fully saturated rings. The van der Waals surface area contributed by atoms with Gasteiger partial charge in [0.1, 0.15) is 0 Å². The Labute approximate surface area is 112 Å². The van der Waals surface area contributed by atoms with Gasteiger partial charge in [-0.25, -0.2) is 9.59 Å². The van der Waals surface area contributed by atoms with Gasteiger partial charge in [0.15, 0.2) is 6.10 Å². The van der Waals surface area contributed by atoms with Crippen molar-refractivity contribution in [1.82, 2.24) is 10.6 Å². The van der Waals surface area contributed by atoms with Crippen LogP contribution in [0.5, 0.6) is 0 Å². The van der Waals surface area contributed by atoms with Crippen molar-refractivity contribution in [3.8, 4) is 12.3 Å². The predicted molar refractivity (Wildman–Crippen MR) is 69.6 cm³/mol. The highest BCUT2D eigenvalue weighted by atomic mass is 16.5. The lowest BCUT2D eigenvalue weighted by Gasteiger charge is -2.15. The Bertz CT molecular complexity index is 364. The average molecular weight is 268 g/mol. The first kappa shape index (κ1) is 15.3. The van der Waals surface area contributed by atoms with Crippen LogP contribution in [0.4, 0.5) is 4.79 Å². The molecule has 19 heavy (non-hydrogen) atoms. The Kier molecular flexibility index (Phi) is 6.16. The number of hydrogen-bond acceptors (Lipinski definition) is 3. The van der Waals surface area contributed by atoms with E-state index in [9.17, 15) is 9.59 Å². The van der Waals surface area contributed by atoms with Crippen LogP contribution in [-0.2, 0) is 9.53 Å². The lowest BCUT2D eigenvalue weighted by Crippen LogP contribution is -2.44. The highest BCUT2D eigenvalue weighted by molar-refractivity contribution is 5.74. The van der Waals surface area contributed by atoms with Crippen molar-refractivity contribution in [2.75, 3.05) is 6.54 Å². The number of hydrogen-bond donors (Lipinski definition) is 3. The van der Waals surface area contributed by atoms with Crippen molar-refractivity contribution in [1.29, 1.82) is 0 Å². The zero-order valence-electron chi connectivity index (χ0n) is 11.0. The van der Waals surface area contributed by atoms with Gasteiger partial charge in [0, 0.05) is 6.54 Å². The molecule has 0 aromatic heterocycles. The Morgan fingerprint density at radius 1 is 1.53 bits per heavy atom. The normalized spacial score (nSPS) is 23.4. The molecule has 3 atom stereocenters. The van der Waals surface area contributed by atoms with Gasteiger partial charge >= 0.3 is 12.0 Å². The summed E-state index contributed by atoms with van der Waals surface area (Å²) in [4.78, 5) is 22.3. The second kappa shape index (κ2) is 7.64. The Morgan fingerprint density at radius 2 is 2.26 bits per heavy atom. The number of carbonyl (C=O) groups excluding carboxylic acids is 1. The standard InChI is InChI=1S/C13H20N2O4/c1-3-5-9(4-2)15-13(18)14-8-10-6-7-11(19-10)12(16)17/h2,9-11H,3,5-8H2,1H3,(H,16,17)(H2,14,15,18). The molecule has 1 heterocycles. The van der Waals surface area contributed by atoms with E-state index in [0.29, 0.717) is 19.4 Å². The molecule has 3 unspecified atom stereocenters. The maximum absolute atomic E-state index is 11.6. The first-order valence-electron chi connectivity index (χ1n) is 6.45. The number of nitrogens with one attached hydrogen (secondary N) is 2. The first-order valence-corrected chi connectivity index (χ1v) is 6.45. The van der Waals surface area contributed by atoms with Crippen LogP contribution in [0.1, 0.15) is 32.6 Å². The molecule has 0 aromatic rings. The summed E-state index contributed by atoms with van der Waals surface area (Å²) in [6, 6.07) is -0.625. The number of amides is 2. The Balaban J connectivity index is 2.24. The predicted octanol–water partition coefficient (Wildman–Crippen LogP) is 0.720. The third kappa shape index (κ3) is 5.18. The topological polar surface area (TPSA) is 87.7 Å². The summed E-state index contributed by atoms with van der Waals surface area (Å²) >= 11 is 0. The van der Waals surface area contributed by atoms with E-state index in [1.165, 1.54) is 0 Å². The Hall–Kier alpha value is -1.74. The maximum atomic E-state index is 11.6. The number of carbonyl (C=O) groups is 2. The van der Waals surface area contributed by atoms with E-state index in [-0.39, 0.29) is 18.2 Å². The minimum Gasteiger partial charge on any atom is -0.479 e. The van der Waals surface area contributed by atoms with Crippen molar-refractivity contribution in [3.63, 3.8) is 0 Å². The summed E-state index contributed by atoms with van der Waals surface area (Å²) in [5, 5.41) is 14.1. The smallest absolute Gasteiger partial charge is 0.332 e. The summed E-state index contributed by atoms with van der Waals surface area (Å²) < 4.78 is 5.27. The highest BCUT2D eigenvalue weighted by Crippen LogP contribution is 2.19. The largest absolute Gasteiger partial charge is 0.479 e. The molecule has 0 aliphatic carbocycles. The molecule has 0 saturated carbocycles. The summed E-state index contributed by atoms with van der Waals surface area (Å²) in [6.07, 6.45) is 7.02. The number of terminal acetylenes is 1. The fourth-order valence-corrected chi connectivity index (χ4v) is 1.94. The highest BCUT2D eigenvalue weighted by Gasteiger charge is 2.30. The molecule has 0 spiro atoms. The van der Waals surface area contributed by atoms with Gasteiger partial charge in [0.2, 0.25) is 0 Å². The minimum atomic E-state index is -0.956. The molecule has 1 aliphatic rings. The average Bonchev–Trinajstić information content (AvgIpc) is 2.84. The summed E-state index contributed by atoms with van der Waals surface area (Å²) in [7, 11) is 0. The maximum Gasteiger partial charge on any atom is 0.332 e. The van der Waals surface area contributed by atoms with Crippen molar-refractivity contribution in [2.24, 2.45) is 0 Å².